The highest BCUT2D eigenvalue weighted by Gasteiger charge is 2.36. The van der Waals surface area contributed by atoms with Gasteiger partial charge in [0.25, 0.3) is 11.4 Å². The third kappa shape index (κ3) is 3.27. The predicted molar refractivity (Wildman–Crippen MR) is 110 cm³/mol. The number of aryl methyl sites for hydroxylation is 3. The van der Waals surface area contributed by atoms with E-state index >= 15 is 0 Å². The fourth-order valence-electron chi connectivity index (χ4n) is 3.55. The van der Waals surface area contributed by atoms with Crippen LogP contribution in [0.3, 0.4) is 0 Å². The number of nitrogens with two attached hydrogens (primary N) is 1. The van der Waals surface area contributed by atoms with Crippen LogP contribution in [0.1, 0.15) is 48.5 Å². The summed E-state index contributed by atoms with van der Waals surface area (Å²) in [6.45, 7) is 5.64. The van der Waals surface area contributed by atoms with Crippen molar-refractivity contribution in [3.63, 3.8) is 0 Å². The van der Waals surface area contributed by atoms with Gasteiger partial charge < -0.3 is 10.3 Å². The van der Waals surface area contributed by atoms with E-state index in [1.54, 1.807) is 7.05 Å². The zero-order valence-electron chi connectivity index (χ0n) is 16.3. The van der Waals surface area contributed by atoms with Gasteiger partial charge in [-0.1, -0.05) is 18.0 Å². The summed E-state index contributed by atoms with van der Waals surface area (Å²) in [7, 11) is 1.65. The van der Waals surface area contributed by atoms with Gasteiger partial charge in [-0.25, -0.2) is 9.67 Å². The van der Waals surface area contributed by atoms with Crippen molar-refractivity contribution in [2.45, 2.75) is 52.0 Å². The molecule has 0 spiro atoms. The van der Waals surface area contributed by atoms with Crippen LogP contribution in [0.15, 0.2) is 9.32 Å². The number of halogens is 1. The molecule has 10 heteroatoms. The Morgan fingerprint density at radius 3 is 2.50 bits per heavy atom. The van der Waals surface area contributed by atoms with E-state index in [0.29, 0.717) is 22.3 Å². The second kappa shape index (κ2) is 7.38. The van der Waals surface area contributed by atoms with E-state index in [1.807, 2.05) is 20.8 Å². The number of aromatic nitrogens is 5. The molecule has 1 fully saturated rings. The molecular weight excluding hydrogens is 400 g/mol. The highest BCUT2D eigenvalue weighted by Crippen LogP contribution is 2.38. The maximum absolute atomic E-state index is 12.6. The standard InChI is InChI=1S/C18H22N6O2S.ClH/c1-9-10(2)22-24(4)16(25)12(9)15-20-11(3)13(27-15)14-21-17(23-26-14)18(19)7-5-6-8-18;/h5-8,19H2,1-4H3;1H. The summed E-state index contributed by atoms with van der Waals surface area (Å²) in [5, 5.41) is 8.99. The summed E-state index contributed by atoms with van der Waals surface area (Å²) >= 11 is 1.38. The highest BCUT2D eigenvalue weighted by atomic mass is 35.5. The van der Waals surface area contributed by atoms with Crippen molar-refractivity contribution < 1.29 is 4.52 Å². The van der Waals surface area contributed by atoms with Crippen LogP contribution < -0.4 is 11.3 Å². The Labute approximate surface area is 172 Å². The van der Waals surface area contributed by atoms with Gasteiger partial charge in [0.2, 0.25) is 0 Å². The SMILES string of the molecule is Cc1nc(-c2c(C)c(C)nn(C)c2=O)sc1-c1nc(C2(N)CCCC2)no1.Cl. The van der Waals surface area contributed by atoms with Crippen molar-refractivity contribution >= 4 is 23.7 Å². The Kier molecular flexibility index (Phi) is 5.44. The van der Waals surface area contributed by atoms with Crippen LogP contribution in [-0.2, 0) is 12.6 Å². The summed E-state index contributed by atoms with van der Waals surface area (Å²) < 4.78 is 6.84. The lowest BCUT2D eigenvalue weighted by molar-refractivity contribution is 0.373. The van der Waals surface area contributed by atoms with Crippen LogP contribution in [0.25, 0.3) is 21.3 Å². The van der Waals surface area contributed by atoms with Gasteiger partial charge in [0.15, 0.2) is 5.82 Å². The van der Waals surface area contributed by atoms with E-state index in [4.69, 9.17) is 10.3 Å². The number of rotatable bonds is 3. The van der Waals surface area contributed by atoms with Gasteiger partial charge in [-0.2, -0.15) is 10.1 Å². The van der Waals surface area contributed by atoms with E-state index in [1.165, 1.54) is 16.0 Å². The third-order valence-corrected chi connectivity index (χ3v) is 6.46. The lowest BCUT2D eigenvalue weighted by atomic mass is 9.99. The number of hydrogen-bond acceptors (Lipinski definition) is 8. The van der Waals surface area contributed by atoms with E-state index < -0.39 is 5.54 Å². The van der Waals surface area contributed by atoms with Crippen molar-refractivity contribution in [2.24, 2.45) is 12.8 Å². The van der Waals surface area contributed by atoms with Crippen molar-refractivity contribution in [3.05, 3.63) is 33.1 Å². The molecule has 1 aliphatic rings. The van der Waals surface area contributed by atoms with Crippen molar-refractivity contribution in [3.8, 4) is 21.3 Å². The molecule has 0 saturated heterocycles. The highest BCUT2D eigenvalue weighted by molar-refractivity contribution is 7.18. The Morgan fingerprint density at radius 1 is 1.14 bits per heavy atom. The maximum atomic E-state index is 12.6. The van der Waals surface area contributed by atoms with Crippen LogP contribution >= 0.6 is 23.7 Å². The molecule has 0 aliphatic heterocycles. The van der Waals surface area contributed by atoms with Crippen LogP contribution in [0, 0.1) is 20.8 Å². The van der Waals surface area contributed by atoms with Gasteiger partial charge in [-0.3, -0.25) is 4.79 Å². The fraction of sp³-hybridized carbons (Fsp3) is 0.500. The topological polar surface area (TPSA) is 113 Å². The Morgan fingerprint density at radius 2 is 1.82 bits per heavy atom. The first-order chi connectivity index (χ1) is 12.8. The maximum Gasteiger partial charge on any atom is 0.277 e. The van der Waals surface area contributed by atoms with Crippen LogP contribution in [-0.4, -0.2) is 24.9 Å². The average molecular weight is 423 g/mol. The molecule has 0 radical (unpaired) electrons. The molecule has 3 aromatic rings. The first-order valence-electron chi connectivity index (χ1n) is 8.96. The van der Waals surface area contributed by atoms with Gasteiger partial charge in [0, 0.05) is 7.05 Å². The zero-order chi connectivity index (χ0) is 19.3. The lowest BCUT2D eigenvalue weighted by Gasteiger charge is -2.17. The first-order valence-corrected chi connectivity index (χ1v) is 9.77. The minimum absolute atomic E-state index is 0. The molecular formula is C18H23ClN6O2S. The van der Waals surface area contributed by atoms with E-state index in [9.17, 15) is 4.79 Å². The quantitative estimate of drug-likeness (QED) is 0.690. The Balaban J connectivity index is 0.00000225. The summed E-state index contributed by atoms with van der Waals surface area (Å²) in [5.74, 6) is 0.958. The van der Waals surface area contributed by atoms with Crippen molar-refractivity contribution in [1.29, 1.82) is 0 Å². The second-order valence-electron chi connectivity index (χ2n) is 7.23. The Bertz CT molecular complexity index is 1080. The molecule has 2 N–H and O–H groups in total. The predicted octanol–water partition coefficient (Wildman–Crippen LogP) is 3.03. The molecule has 8 nitrogen and oxygen atoms in total. The van der Waals surface area contributed by atoms with Gasteiger partial charge in [-0.15, -0.1) is 23.7 Å². The van der Waals surface area contributed by atoms with Gasteiger partial charge in [0.1, 0.15) is 9.88 Å². The number of nitrogens with zero attached hydrogens (tertiary/aromatic N) is 5. The van der Waals surface area contributed by atoms with E-state index in [2.05, 4.69) is 20.2 Å². The smallest absolute Gasteiger partial charge is 0.277 e. The molecule has 28 heavy (non-hydrogen) atoms. The van der Waals surface area contributed by atoms with Crippen LogP contribution in [0.5, 0.6) is 0 Å². The summed E-state index contributed by atoms with van der Waals surface area (Å²) in [6, 6.07) is 0. The average Bonchev–Trinajstić information content (AvgIpc) is 3.34. The molecule has 0 unspecified atom stereocenters. The van der Waals surface area contributed by atoms with E-state index in [0.717, 1.165) is 47.5 Å². The molecule has 3 aromatic heterocycles. The monoisotopic (exact) mass is 422 g/mol. The first kappa shape index (κ1) is 20.6. The molecule has 0 atom stereocenters. The van der Waals surface area contributed by atoms with Crippen molar-refractivity contribution in [1.82, 2.24) is 24.9 Å². The molecule has 1 aliphatic carbocycles. The molecule has 1 saturated carbocycles. The van der Waals surface area contributed by atoms with E-state index in [-0.39, 0.29) is 18.0 Å². The zero-order valence-corrected chi connectivity index (χ0v) is 17.9. The molecule has 0 amide bonds. The third-order valence-electron chi connectivity index (χ3n) is 5.30. The van der Waals surface area contributed by atoms with Crippen molar-refractivity contribution in [2.75, 3.05) is 0 Å². The van der Waals surface area contributed by atoms with Gasteiger partial charge >= 0.3 is 0 Å². The van der Waals surface area contributed by atoms with Gasteiger partial charge in [-0.05, 0) is 39.2 Å². The van der Waals surface area contributed by atoms with Crippen LogP contribution in [0.4, 0.5) is 0 Å². The summed E-state index contributed by atoms with van der Waals surface area (Å²) in [5.41, 5.74) is 8.70. The second-order valence-corrected chi connectivity index (χ2v) is 8.23. The number of hydrogen-bond donors (Lipinski definition) is 1. The minimum atomic E-state index is -0.502. The largest absolute Gasteiger partial charge is 0.333 e. The van der Waals surface area contributed by atoms with Crippen LogP contribution in [0.2, 0.25) is 0 Å². The molecule has 150 valence electrons. The Hall–Kier alpha value is -2.10. The lowest BCUT2D eigenvalue weighted by Crippen LogP contribution is -2.34. The number of thiazole rings is 1. The molecule has 3 heterocycles. The minimum Gasteiger partial charge on any atom is -0.333 e. The summed E-state index contributed by atoms with van der Waals surface area (Å²) in [6.07, 6.45) is 3.89. The molecule has 0 bridgehead atoms. The normalized spacial score (nSPS) is 15.6. The summed E-state index contributed by atoms with van der Waals surface area (Å²) in [4.78, 5) is 22.5. The van der Waals surface area contributed by atoms with Gasteiger partial charge in [0.05, 0.1) is 22.5 Å². The molecule has 0 aromatic carbocycles. The fourth-order valence-corrected chi connectivity index (χ4v) is 4.63. The molecule has 4 rings (SSSR count).